The van der Waals surface area contributed by atoms with Gasteiger partial charge in [-0.2, -0.15) is 0 Å². The summed E-state index contributed by atoms with van der Waals surface area (Å²) in [5.74, 6) is -0.379. The van der Waals surface area contributed by atoms with E-state index in [9.17, 15) is 14.7 Å². The molecule has 2 aromatic carbocycles. The summed E-state index contributed by atoms with van der Waals surface area (Å²) >= 11 is 0. The van der Waals surface area contributed by atoms with Crippen molar-refractivity contribution in [2.45, 2.75) is 18.6 Å². The standard InChI is InChI=1S/C25H25N3O3/c1-27-22-19(20(15-29)23(27)24(30)26-17-10-6-3-7-11-17)14-28-21(22)13-12-18(25(28)31)16-8-4-2-5-9-16/h2-13,19-20,22-23,29H,14-15H2,1H3,(H,26,30)/t19-,20-,22+,23-/m0/s1. The first-order chi connectivity index (χ1) is 15.1. The average molecular weight is 415 g/mol. The Kier molecular flexibility index (Phi) is 4.96. The number of likely N-dealkylation sites (tertiary alicyclic amines) is 1. The summed E-state index contributed by atoms with van der Waals surface area (Å²) < 4.78 is 1.82. The van der Waals surface area contributed by atoms with Gasteiger partial charge in [0.15, 0.2) is 0 Å². The lowest BCUT2D eigenvalue weighted by Crippen LogP contribution is -2.44. The number of carbonyl (C=O) groups is 1. The largest absolute Gasteiger partial charge is 0.396 e. The van der Waals surface area contributed by atoms with Crippen LogP contribution >= 0.6 is 0 Å². The summed E-state index contributed by atoms with van der Waals surface area (Å²) in [6, 6.07) is 22.3. The molecule has 1 aromatic heterocycles. The molecule has 31 heavy (non-hydrogen) atoms. The molecule has 2 N–H and O–H groups in total. The smallest absolute Gasteiger partial charge is 0.258 e. The highest BCUT2D eigenvalue weighted by Crippen LogP contribution is 2.48. The molecule has 158 valence electrons. The number of pyridine rings is 1. The van der Waals surface area contributed by atoms with Crippen LogP contribution in [0.25, 0.3) is 11.1 Å². The van der Waals surface area contributed by atoms with E-state index in [-0.39, 0.29) is 36.0 Å². The van der Waals surface area contributed by atoms with Crippen molar-refractivity contribution in [2.24, 2.45) is 11.8 Å². The number of anilines is 1. The third kappa shape index (κ3) is 3.19. The van der Waals surface area contributed by atoms with Gasteiger partial charge in [-0.15, -0.1) is 0 Å². The molecule has 4 atom stereocenters. The fraction of sp³-hybridized carbons (Fsp3) is 0.280. The average Bonchev–Trinajstić information content (AvgIpc) is 3.31. The van der Waals surface area contributed by atoms with Crippen molar-refractivity contribution in [2.75, 3.05) is 19.0 Å². The van der Waals surface area contributed by atoms with E-state index in [1.165, 1.54) is 0 Å². The summed E-state index contributed by atoms with van der Waals surface area (Å²) in [4.78, 5) is 28.4. The zero-order chi connectivity index (χ0) is 21.5. The van der Waals surface area contributed by atoms with Gasteiger partial charge >= 0.3 is 0 Å². The lowest BCUT2D eigenvalue weighted by Gasteiger charge is -2.27. The number of amides is 1. The van der Waals surface area contributed by atoms with Crippen LogP contribution in [-0.2, 0) is 11.3 Å². The fourth-order valence-corrected chi connectivity index (χ4v) is 5.35. The number of aromatic nitrogens is 1. The molecule has 0 spiro atoms. The van der Waals surface area contributed by atoms with Crippen molar-refractivity contribution >= 4 is 11.6 Å². The van der Waals surface area contributed by atoms with Crippen LogP contribution in [0.5, 0.6) is 0 Å². The minimum atomic E-state index is -0.460. The molecule has 6 nitrogen and oxygen atoms in total. The highest BCUT2D eigenvalue weighted by atomic mass is 16.3. The van der Waals surface area contributed by atoms with Crippen molar-refractivity contribution in [1.29, 1.82) is 0 Å². The molecule has 3 heterocycles. The van der Waals surface area contributed by atoms with Gasteiger partial charge in [-0.1, -0.05) is 48.5 Å². The Bertz CT molecular complexity index is 1160. The molecule has 2 aliphatic rings. The molecule has 1 saturated heterocycles. The van der Waals surface area contributed by atoms with Gasteiger partial charge in [-0.3, -0.25) is 14.5 Å². The molecule has 0 radical (unpaired) electrons. The third-order valence-corrected chi connectivity index (χ3v) is 6.75. The summed E-state index contributed by atoms with van der Waals surface area (Å²) in [5, 5.41) is 13.2. The molecule has 0 bridgehead atoms. The van der Waals surface area contributed by atoms with Gasteiger partial charge in [-0.05, 0) is 36.9 Å². The van der Waals surface area contributed by atoms with Crippen LogP contribution in [0, 0.1) is 11.8 Å². The van der Waals surface area contributed by atoms with E-state index in [1.54, 1.807) is 0 Å². The normalized spacial score (nSPS) is 24.6. The summed E-state index contributed by atoms with van der Waals surface area (Å²) in [7, 11) is 1.91. The molecule has 0 saturated carbocycles. The predicted molar refractivity (Wildman–Crippen MR) is 120 cm³/mol. The number of hydrogen-bond acceptors (Lipinski definition) is 4. The Hall–Kier alpha value is -3.22. The predicted octanol–water partition coefficient (Wildman–Crippen LogP) is 2.75. The number of para-hydroxylation sites is 1. The van der Waals surface area contributed by atoms with E-state index in [2.05, 4.69) is 5.32 Å². The summed E-state index contributed by atoms with van der Waals surface area (Å²) in [6.45, 7) is 0.400. The summed E-state index contributed by atoms with van der Waals surface area (Å²) in [5.41, 5.74) is 3.19. The number of nitrogens with one attached hydrogen (secondary N) is 1. The topological polar surface area (TPSA) is 74.6 Å². The number of carbonyl (C=O) groups excluding carboxylic acids is 1. The van der Waals surface area contributed by atoms with Gasteiger partial charge in [0, 0.05) is 41.9 Å². The first kappa shape index (κ1) is 19.7. The molecular weight excluding hydrogens is 390 g/mol. The van der Waals surface area contributed by atoms with Crippen LogP contribution in [0.15, 0.2) is 77.6 Å². The number of aliphatic hydroxyl groups excluding tert-OH is 1. The second kappa shape index (κ2) is 7.80. The van der Waals surface area contributed by atoms with Crippen LogP contribution in [0.3, 0.4) is 0 Å². The lowest BCUT2D eigenvalue weighted by atomic mass is 9.88. The number of nitrogens with zero attached hydrogens (tertiary/aromatic N) is 2. The van der Waals surface area contributed by atoms with Gasteiger partial charge in [0.1, 0.15) is 0 Å². The van der Waals surface area contributed by atoms with E-state index in [4.69, 9.17) is 0 Å². The monoisotopic (exact) mass is 415 g/mol. The van der Waals surface area contributed by atoms with Gasteiger partial charge in [0.2, 0.25) is 5.91 Å². The highest BCUT2D eigenvalue weighted by Gasteiger charge is 2.54. The van der Waals surface area contributed by atoms with E-state index < -0.39 is 6.04 Å². The summed E-state index contributed by atoms with van der Waals surface area (Å²) in [6.07, 6.45) is 0. The Morgan fingerprint density at radius 2 is 1.71 bits per heavy atom. The number of fused-ring (bicyclic) bond motifs is 3. The Morgan fingerprint density at radius 1 is 1.03 bits per heavy atom. The van der Waals surface area contributed by atoms with E-state index in [0.29, 0.717) is 12.1 Å². The van der Waals surface area contributed by atoms with Gasteiger partial charge in [-0.25, -0.2) is 0 Å². The van der Waals surface area contributed by atoms with Crippen molar-refractivity contribution < 1.29 is 9.90 Å². The maximum Gasteiger partial charge on any atom is 0.258 e. The Morgan fingerprint density at radius 3 is 2.39 bits per heavy atom. The zero-order valence-electron chi connectivity index (χ0n) is 17.3. The van der Waals surface area contributed by atoms with Crippen LogP contribution < -0.4 is 10.9 Å². The molecule has 1 amide bonds. The molecule has 3 aromatic rings. The van der Waals surface area contributed by atoms with Crippen molar-refractivity contribution in [3.63, 3.8) is 0 Å². The molecule has 6 heteroatoms. The lowest BCUT2D eigenvalue weighted by molar-refractivity contribution is -0.122. The Labute approximate surface area is 180 Å². The second-order valence-electron chi connectivity index (χ2n) is 8.37. The van der Waals surface area contributed by atoms with E-state index in [0.717, 1.165) is 16.9 Å². The minimum absolute atomic E-state index is 0.000228. The maximum atomic E-state index is 13.3. The first-order valence-electron chi connectivity index (χ1n) is 10.6. The Balaban J connectivity index is 1.47. The molecule has 0 aliphatic carbocycles. The number of likely N-dealkylation sites (N-methyl/N-ethyl adjacent to an activating group) is 1. The maximum absolute atomic E-state index is 13.3. The molecule has 5 rings (SSSR count). The zero-order valence-corrected chi connectivity index (χ0v) is 17.3. The molecule has 2 aliphatic heterocycles. The van der Waals surface area contributed by atoms with E-state index in [1.807, 2.05) is 89.3 Å². The van der Waals surface area contributed by atoms with Crippen LogP contribution in [0.4, 0.5) is 5.69 Å². The minimum Gasteiger partial charge on any atom is -0.396 e. The van der Waals surface area contributed by atoms with Gasteiger partial charge in [0.25, 0.3) is 5.56 Å². The van der Waals surface area contributed by atoms with Crippen molar-refractivity contribution in [3.8, 4) is 11.1 Å². The number of hydrogen-bond donors (Lipinski definition) is 2. The number of rotatable bonds is 4. The second-order valence-corrected chi connectivity index (χ2v) is 8.37. The number of aliphatic hydroxyl groups is 1. The first-order valence-corrected chi connectivity index (χ1v) is 10.6. The van der Waals surface area contributed by atoms with E-state index >= 15 is 0 Å². The van der Waals surface area contributed by atoms with Gasteiger partial charge in [0.05, 0.1) is 12.1 Å². The third-order valence-electron chi connectivity index (χ3n) is 6.75. The van der Waals surface area contributed by atoms with Gasteiger partial charge < -0.3 is 15.0 Å². The molecular formula is C25H25N3O3. The van der Waals surface area contributed by atoms with Crippen LogP contribution in [0.1, 0.15) is 11.7 Å². The quantitative estimate of drug-likeness (QED) is 0.687. The highest BCUT2D eigenvalue weighted by molar-refractivity contribution is 5.95. The molecule has 0 unspecified atom stereocenters. The van der Waals surface area contributed by atoms with Crippen LogP contribution in [-0.4, -0.2) is 40.2 Å². The van der Waals surface area contributed by atoms with Crippen LogP contribution in [0.2, 0.25) is 0 Å². The van der Waals surface area contributed by atoms with Crippen molar-refractivity contribution in [1.82, 2.24) is 9.47 Å². The number of benzene rings is 2. The van der Waals surface area contributed by atoms with Crippen molar-refractivity contribution in [3.05, 3.63) is 88.8 Å². The molecule has 1 fully saturated rings. The SMILES string of the molecule is CN1[C@H](C(=O)Nc2ccccc2)[C@@H](CO)[C@@H]2Cn3c(ccc(-c4ccccc4)c3=O)[C@@H]21. The fourth-order valence-electron chi connectivity index (χ4n) is 5.35.